The molecule has 0 unspecified atom stereocenters. The monoisotopic (exact) mass is 359 g/mol. The van der Waals surface area contributed by atoms with E-state index in [1.54, 1.807) is 0 Å². The SMILES string of the molecule is CC(=O)Nc1nc(C(=O)NCc2ccccc2OC(F)(F)F)cs1. The van der Waals surface area contributed by atoms with Gasteiger partial charge in [0.1, 0.15) is 11.4 Å². The second kappa shape index (κ2) is 7.30. The third kappa shape index (κ3) is 5.23. The molecule has 128 valence electrons. The molecule has 0 aliphatic carbocycles. The molecule has 2 aromatic rings. The number of anilines is 1. The van der Waals surface area contributed by atoms with E-state index in [-0.39, 0.29) is 34.6 Å². The van der Waals surface area contributed by atoms with Crippen LogP contribution in [0.3, 0.4) is 0 Å². The summed E-state index contributed by atoms with van der Waals surface area (Å²) in [5.41, 5.74) is 0.221. The van der Waals surface area contributed by atoms with Crippen LogP contribution in [0, 0.1) is 0 Å². The highest BCUT2D eigenvalue weighted by atomic mass is 32.1. The first-order chi connectivity index (χ1) is 11.2. The van der Waals surface area contributed by atoms with Gasteiger partial charge >= 0.3 is 6.36 Å². The molecule has 1 heterocycles. The van der Waals surface area contributed by atoms with Crippen molar-refractivity contribution < 1.29 is 27.5 Å². The Hall–Kier alpha value is -2.62. The van der Waals surface area contributed by atoms with Crippen LogP contribution in [-0.4, -0.2) is 23.2 Å². The number of carbonyl (C=O) groups excluding carboxylic acids is 2. The summed E-state index contributed by atoms with van der Waals surface area (Å²) >= 11 is 1.06. The number of amides is 2. The van der Waals surface area contributed by atoms with Gasteiger partial charge in [0.05, 0.1) is 0 Å². The van der Waals surface area contributed by atoms with Crippen LogP contribution in [0.1, 0.15) is 23.0 Å². The molecule has 0 aliphatic rings. The average molecular weight is 359 g/mol. The minimum absolute atomic E-state index is 0.0537. The standard InChI is InChI=1S/C14H12F3N3O3S/c1-8(21)19-13-20-10(7-24-13)12(22)18-6-9-4-2-3-5-11(9)23-14(15,16)17/h2-5,7H,6H2,1H3,(H,18,22)(H,19,20,21). The van der Waals surface area contributed by atoms with Gasteiger partial charge in [-0.3, -0.25) is 9.59 Å². The van der Waals surface area contributed by atoms with Crippen LogP contribution in [0.4, 0.5) is 18.3 Å². The van der Waals surface area contributed by atoms with Crippen molar-refractivity contribution in [3.05, 3.63) is 40.9 Å². The molecule has 24 heavy (non-hydrogen) atoms. The van der Waals surface area contributed by atoms with Crippen LogP contribution in [0.2, 0.25) is 0 Å². The average Bonchev–Trinajstić information content (AvgIpc) is 2.92. The van der Waals surface area contributed by atoms with Crippen molar-refractivity contribution in [2.24, 2.45) is 0 Å². The number of ether oxygens (including phenoxy) is 1. The number of rotatable bonds is 5. The zero-order valence-electron chi connectivity index (χ0n) is 12.3. The number of thiazole rings is 1. The van der Waals surface area contributed by atoms with Crippen molar-refractivity contribution >= 4 is 28.3 Å². The second-order valence-corrected chi connectivity index (χ2v) is 5.42. The summed E-state index contributed by atoms with van der Waals surface area (Å²) in [6, 6.07) is 5.49. The highest BCUT2D eigenvalue weighted by Gasteiger charge is 2.32. The number of aromatic nitrogens is 1. The Bertz CT molecular complexity index is 746. The summed E-state index contributed by atoms with van der Waals surface area (Å²) in [6.45, 7) is 1.14. The third-order valence-electron chi connectivity index (χ3n) is 2.66. The summed E-state index contributed by atoms with van der Waals surface area (Å²) in [6.07, 6.45) is -4.82. The van der Waals surface area contributed by atoms with Gasteiger partial charge in [-0.05, 0) is 6.07 Å². The number of nitrogens with zero attached hydrogens (tertiary/aromatic N) is 1. The Kier molecular flexibility index (Phi) is 5.39. The first kappa shape index (κ1) is 17.7. The molecule has 0 spiro atoms. The zero-order chi connectivity index (χ0) is 17.7. The van der Waals surface area contributed by atoms with E-state index < -0.39 is 12.3 Å². The third-order valence-corrected chi connectivity index (χ3v) is 3.42. The fraction of sp³-hybridized carbons (Fsp3) is 0.214. The minimum atomic E-state index is -4.82. The molecule has 0 radical (unpaired) electrons. The molecular weight excluding hydrogens is 347 g/mol. The Morgan fingerprint density at radius 3 is 2.67 bits per heavy atom. The fourth-order valence-electron chi connectivity index (χ4n) is 1.73. The summed E-state index contributed by atoms with van der Waals surface area (Å²) in [4.78, 5) is 26.8. The van der Waals surface area contributed by atoms with Crippen molar-refractivity contribution in [3.8, 4) is 5.75 Å². The molecule has 6 nitrogen and oxygen atoms in total. The van der Waals surface area contributed by atoms with Crippen LogP contribution in [0.15, 0.2) is 29.6 Å². The fourth-order valence-corrected chi connectivity index (χ4v) is 2.46. The van der Waals surface area contributed by atoms with Crippen molar-refractivity contribution in [3.63, 3.8) is 0 Å². The van der Waals surface area contributed by atoms with Crippen molar-refractivity contribution in [1.82, 2.24) is 10.3 Å². The number of hydrogen-bond donors (Lipinski definition) is 2. The summed E-state index contributed by atoms with van der Waals surface area (Å²) < 4.78 is 40.9. The molecular formula is C14H12F3N3O3S. The van der Waals surface area contributed by atoms with Gasteiger partial charge in [0, 0.05) is 24.4 Å². The van der Waals surface area contributed by atoms with Gasteiger partial charge in [-0.15, -0.1) is 24.5 Å². The number of carbonyl (C=O) groups is 2. The topological polar surface area (TPSA) is 80.3 Å². The van der Waals surface area contributed by atoms with Gasteiger partial charge in [0.2, 0.25) is 5.91 Å². The normalized spacial score (nSPS) is 11.0. The smallest absolute Gasteiger partial charge is 0.405 e. The van der Waals surface area contributed by atoms with Crippen LogP contribution in [0.5, 0.6) is 5.75 Å². The lowest BCUT2D eigenvalue weighted by Gasteiger charge is -2.13. The van der Waals surface area contributed by atoms with Gasteiger partial charge in [0.25, 0.3) is 5.91 Å². The van der Waals surface area contributed by atoms with Gasteiger partial charge in [-0.25, -0.2) is 4.98 Å². The molecule has 0 saturated carbocycles. The molecule has 0 bridgehead atoms. The highest BCUT2D eigenvalue weighted by Crippen LogP contribution is 2.26. The predicted octanol–water partition coefficient (Wildman–Crippen LogP) is 2.93. The Morgan fingerprint density at radius 1 is 1.29 bits per heavy atom. The number of alkyl halides is 3. The molecule has 1 aromatic heterocycles. The molecule has 0 saturated heterocycles. The molecule has 10 heteroatoms. The lowest BCUT2D eigenvalue weighted by Crippen LogP contribution is -2.24. The van der Waals surface area contributed by atoms with Crippen molar-refractivity contribution in [2.75, 3.05) is 5.32 Å². The number of benzene rings is 1. The van der Waals surface area contributed by atoms with Crippen LogP contribution in [0.25, 0.3) is 0 Å². The van der Waals surface area contributed by atoms with Gasteiger partial charge in [-0.2, -0.15) is 0 Å². The molecule has 2 N–H and O–H groups in total. The van der Waals surface area contributed by atoms with Crippen molar-refractivity contribution in [2.45, 2.75) is 19.8 Å². The molecule has 1 aromatic carbocycles. The van der Waals surface area contributed by atoms with Gasteiger partial charge in [-0.1, -0.05) is 18.2 Å². The number of para-hydroxylation sites is 1. The molecule has 0 atom stereocenters. The first-order valence-corrected chi connectivity index (χ1v) is 7.47. The number of hydrogen-bond acceptors (Lipinski definition) is 5. The maximum Gasteiger partial charge on any atom is 0.573 e. The lowest BCUT2D eigenvalue weighted by atomic mass is 10.2. The second-order valence-electron chi connectivity index (χ2n) is 4.56. The van der Waals surface area contributed by atoms with Crippen LogP contribution >= 0.6 is 11.3 Å². The minimum Gasteiger partial charge on any atom is -0.405 e. The Balaban J connectivity index is 2.01. The van der Waals surface area contributed by atoms with E-state index in [0.29, 0.717) is 0 Å². The molecule has 0 aliphatic heterocycles. The largest absolute Gasteiger partial charge is 0.573 e. The van der Waals surface area contributed by atoms with E-state index in [0.717, 1.165) is 17.4 Å². The lowest BCUT2D eigenvalue weighted by molar-refractivity contribution is -0.274. The highest BCUT2D eigenvalue weighted by molar-refractivity contribution is 7.14. The van der Waals surface area contributed by atoms with Gasteiger partial charge < -0.3 is 15.4 Å². The van der Waals surface area contributed by atoms with E-state index in [2.05, 4.69) is 20.4 Å². The maximum absolute atomic E-state index is 12.3. The van der Waals surface area contributed by atoms with Crippen LogP contribution < -0.4 is 15.4 Å². The Labute approximate surface area is 138 Å². The van der Waals surface area contributed by atoms with Gasteiger partial charge in [0.15, 0.2) is 5.13 Å². The summed E-state index contributed by atoms with van der Waals surface area (Å²) in [5, 5.41) is 6.57. The quantitative estimate of drug-likeness (QED) is 0.860. The van der Waals surface area contributed by atoms with E-state index in [1.165, 1.54) is 30.5 Å². The van der Waals surface area contributed by atoms with E-state index >= 15 is 0 Å². The number of halogens is 3. The zero-order valence-corrected chi connectivity index (χ0v) is 13.1. The number of nitrogens with one attached hydrogen (secondary N) is 2. The van der Waals surface area contributed by atoms with E-state index in [1.807, 2.05) is 0 Å². The molecule has 2 rings (SSSR count). The summed E-state index contributed by atoms with van der Waals surface area (Å²) in [7, 11) is 0. The van der Waals surface area contributed by atoms with E-state index in [4.69, 9.17) is 0 Å². The van der Waals surface area contributed by atoms with E-state index in [9.17, 15) is 22.8 Å². The van der Waals surface area contributed by atoms with Crippen LogP contribution in [-0.2, 0) is 11.3 Å². The first-order valence-electron chi connectivity index (χ1n) is 6.59. The Morgan fingerprint density at radius 2 is 2.00 bits per heavy atom. The molecule has 2 amide bonds. The summed E-state index contributed by atoms with van der Waals surface area (Å²) in [5.74, 6) is -1.29. The maximum atomic E-state index is 12.3. The van der Waals surface area contributed by atoms with Crippen molar-refractivity contribution in [1.29, 1.82) is 0 Å². The predicted molar refractivity (Wildman–Crippen MR) is 80.7 cm³/mol. The molecule has 0 fully saturated rings.